The number of amides is 1. The summed E-state index contributed by atoms with van der Waals surface area (Å²) in [5, 5.41) is 9.26. The van der Waals surface area contributed by atoms with Crippen molar-refractivity contribution in [3.8, 4) is 0 Å². The second kappa shape index (κ2) is 7.75. The Morgan fingerprint density at radius 2 is 2.10 bits per heavy atom. The topological polar surface area (TPSA) is 76.1 Å². The number of carboxylic acids is 1. The molecule has 2 aliphatic rings. The molecule has 0 bridgehead atoms. The summed E-state index contributed by atoms with van der Waals surface area (Å²) in [5.74, 6) is -1.52. The molecule has 0 aliphatic carbocycles. The molecule has 0 radical (unpaired) electrons. The SMILES string of the molecule is CCCN(C(=O)CC1CCCCO1)C1COCC1C(=O)O. The van der Waals surface area contributed by atoms with Gasteiger partial charge in [-0.1, -0.05) is 6.92 Å². The first kappa shape index (κ1) is 16.2. The van der Waals surface area contributed by atoms with E-state index in [9.17, 15) is 14.7 Å². The van der Waals surface area contributed by atoms with E-state index < -0.39 is 11.9 Å². The number of aliphatic carboxylic acids is 1. The van der Waals surface area contributed by atoms with Crippen molar-refractivity contribution in [2.24, 2.45) is 5.92 Å². The first-order valence-electron chi connectivity index (χ1n) is 7.85. The minimum Gasteiger partial charge on any atom is -0.481 e. The number of rotatable bonds is 6. The molecule has 0 aromatic rings. The molecule has 1 N–H and O–H groups in total. The number of carboxylic acid groups (broad SMARTS) is 1. The zero-order valence-corrected chi connectivity index (χ0v) is 12.6. The van der Waals surface area contributed by atoms with Crippen LogP contribution in [0.5, 0.6) is 0 Å². The smallest absolute Gasteiger partial charge is 0.311 e. The van der Waals surface area contributed by atoms with Crippen LogP contribution in [0.4, 0.5) is 0 Å². The lowest BCUT2D eigenvalue weighted by molar-refractivity contribution is -0.146. The van der Waals surface area contributed by atoms with E-state index in [1.807, 2.05) is 6.92 Å². The van der Waals surface area contributed by atoms with Crippen LogP contribution < -0.4 is 0 Å². The average Bonchev–Trinajstić information content (AvgIpc) is 2.95. The standard InChI is InChI=1S/C15H25NO5/c1-2-6-16(13-10-20-9-12(13)15(18)19)14(17)8-11-5-3-4-7-21-11/h11-13H,2-10H2,1H3,(H,18,19). The number of nitrogens with zero attached hydrogens (tertiary/aromatic N) is 1. The molecule has 21 heavy (non-hydrogen) atoms. The van der Waals surface area contributed by atoms with Gasteiger partial charge in [0.1, 0.15) is 5.92 Å². The number of carbonyl (C=O) groups excluding carboxylic acids is 1. The fourth-order valence-electron chi connectivity index (χ4n) is 3.08. The zero-order chi connectivity index (χ0) is 15.2. The van der Waals surface area contributed by atoms with Gasteiger partial charge in [0.05, 0.1) is 31.8 Å². The highest BCUT2D eigenvalue weighted by atomic mass is 16.5. The summed E-state index contributed by atoms with van der Waals surface area (Å²) >= 11 is 0. The Bertz CT molecular complexity index is 367. The number of ether oxygens (including phenoxy) is 2. The van der Waals surface area contributed by atoms with Crippen molar-refractivity contribution in [2.45, 2.75) is 51.2 Å². The molecule has 0 spiro atoms. The second-order valence-corrected chi connectivity index (χ2v) is 5.83. The van der Waals surface area contributed by atoms with Gasteiger partial charge in [-0.25, -0.2) is 0 Å². The van der Waals surface area contributed by atoms with E-state index in [4.69, 9.17) is 9.47 Å². The van der Waals surface area contributed by atoms with Crippen molar-refractivity contribution < 1.29 is 24.2 Å². The van der Waals surface area contributed by atoms with Crippen molar-refractivity contribution in [3.63, 3.8) is 0 Å². The van der Waals surface area contributed by atoms with E-state index in [0.29, 0.717) is 19.6 Å². The van der Waals surface area contributed by atoms with Gasteiger partial charge in [-0.2, -0.15) is 0 Å². The molecule has 0 aromatic carbocycles. The summed E-state index contributed by atoms with van der Waals surface area (Å²) in [6.07, 6.45) is 4.20. The molecular weight excluding hydrogens is 274 g/mol. The normalized spacial score (nSPS) is 29.3. The van der Waals surface area contributed by atoms with Crippen LogP contribution in [0.2, 0.25) is 0 Å². The number of carbonyl (C=O) groups is 2. The fraction of sp³-hybridized carbons (Fsp3) is 0.867. The van der Waals surface area contributed by atoms with Gasteiger partial charge >= 0.3 is 5.97 Å². The van der Waals surface area contributed by atoms with Gasteiger partial charge in [0.25, 0.3) is 0 Å². The molecule has 2 heterocycles. The number of hydrogen-bond donors (Lipinski definition) is 1. The Labute approximate surface area is 125 Å². The van der Waals surface area contributed by atoms with E-state index in [2.05, 4.69) is 0 Å². The Balaban J connectivity index is 1.99. The molecule has 6 heteroatoms. The summed E-state index contributed by atoms with van der Waals surface area (Å²) in [6, 6.07) is -0.349. The fourth-order valence-corrected chi connectivity index (χ4v) is 3.08. The highest BCUT2D eigenvalue weighted by molar-refractivity contribution is 5.79. The third-order valence-electron chi connectivity index (χ3n) is 4.23. The predicted molar refractivity (Wildman–Crippen MR) is 75.9 cm³/mol. The molecule has 0 saturated carbocycles. The van der Waals surface area contributed by atoms with Gasteiger partial charge in [0.15, 0.2) is 0 Å². The Morgan fingerprint density at radius 1 is 1.29 bits per heavy atom. The van der Waals surface area contributed by atoms with Crippen LogP contribution in [0.25, 0.3) is 0 Å². The van der Waals surface area contributed by atoms with Gasteiger partial charge in [-0.3, -0.25) is 9.59 Å². The highest BCUT2D eigenvalue weighted by Crippen LogP contribution is 2.23. The van der Waals surface area contributed by atoms with E-state index in [0.717, 1.165) is 32.3 Å². The molecule has 3 unspecified atom stereocenters. The van der Waals surface area contributed by atoms with Crippen molar-refractivity contribution in [1.82, 2.24) is 4.90 Å². The lowest BCUT2D eigenvalue weighted by Crippen LogP contribution is -2.48. The Kier molecular flexibility index (Phi) is 5.99. The molecule has 1 amide bonds. The van der Waals surface area contributed by atoms with Crippen molar-refractivity contribution in [3.05, 3.63) is 0 Å². The monoisotopic (exact) mass is 299 g/mol. The molecule has 2 aliphatic heterocycles. The Morgan fingerprint density at radius 3 is 2.71 bits per heavy atom. The van der Waals surface area contributed by atoms with Crippen molar-refractivity contribution in [1.29, 1.82) is 0 Å². The van der Waals surface area contributed by atoms with Gasteiger partial charge in [0, 0.05) is 13.2 Å². The van der Waals surface area contributed by atoms with E-state index >= 15 is 0 Å². The Hall–Kier alpha value is -1.14. The first-order valence-corrected chi connectivity index (χ1v) is 7.85. The summed E-state index contributed by atoms with van der Waals surface area (Å²) in [5.41, 5.74) is 0. The van der Waals surface area contributed by atoms with Crippen LogP contribution in [-0.2, 0) is 19.1 Å². The molecule has 3 atom stereocenters. The zero-order valence-electron chi connectivity index (χ0n) is 12.6. The van der Waals surface area contributed by atoms with Crippen LogP contribution in [0, 0.1) is 5.92 Å². The maximum absolute atomic E-state index is 12.6. The van der Waals surface area contributed by atoms with Gasteiger partial charge in [-0.15, -0.1) is 0 Å². The maximum atomic E-state index is 12.6. The van der Waals surface area contributed by atoms with Gasteiger partial charge in [-0.05, 0) is 25.7 Å². The molecule has 2 rings (SSSR count). The van der Waals surface area contributed by atoms with Crippen LogP contribution in [0.15, 0.2) is 0 Å². The molecule has 2 fully saturated rings. The molecule has 2 saturated heterocycles. The largest absolute Gasteiger partial charge is 0.481 e. The third-order valence-corrected chi connectivity index (χ3v) is 4.23. The van der Waals surface area contributed by atoms with Crippen LogP contribution in [0.1, 0.15) is 39.0 Å². The van der Waals surface area contributed by atoms with Crippen LogP contribution in [0.3, 0.4) is 0 Å². The van der Waals surface area contributed by atoms with E-state index in [-0.39, 0.29) is 24.7 Å². The highest BCUT2D eigenvalue weighted by Gasteiger charge is 2.40. The predicted octanol–water partition coefficient (Wildman–Crippen LogP) is 1.28. The third kappa shape index (κ3) is 4.17. The van der Waals surface area contributed by atoms with Crippen LogP contribution in [-0.4, -0.2) is 60.4 Å². The maximum Gasteiger partial charge on any atom is 0.311 e. The summed E-state index contributed by atoms with van der Waals surface area (Å²) in [6.45, 7) is 3.78. The average molecular weight is 299 g/mol. The minimum atomic E-state index is -0.889. The van der Waals surface area contributed by atoms with Crippen LogP contribution >= 0.6 is 0 Å². The second-order valence-electron chi connectivity index (χ2n) is 5.83. The minimum absolute atomic E-state index is 0.00880. The molecular formula is C15H25NO5. The van der Waals surface area contributed by atoms with E-state index in [1.54, 1.807) is 4.90 Å². The number of hydrogen-bond acceptors (Lipinski definition) is 4. The lowest BCUT2D eigenvalue weighted by atomic mass is 10.00. The van der Waals surface area contributed by atoms with Gasteiger partial charge in [0.2, 0.25) is 5.91 Å². The molecule has 0 aromatic heterocycles. The quantitative estimate of drug-likeness (QED) is 0.799. The summed E-state index contributed by atoms with van der Waals surface area (Å²) < 4.78 is 10.9. The van der Waals surface area contributed by atoms with E-state index in [1.165, 1.54) is 0 Å². The van der Waals surface area contributed by atoms with Crippen molar-refractivity contribution in [2.75, 3.05) is 26.4 Å². The first-order chi connectivity index (χ1) is 10.1. The summed E-state index contributed by atoms with van der Waals surface area (Å²) in [7, 11) is 0. The molecule has 6 nitrogen and oxygen atoms in total. The van der Waals surface area contributed by atoms with Crippen molar-refractivity contribution >= 4 is 11.9 Å². The molecule has 120 valence electrons. The summed E-state index contributed by atoms with van der Waals surface area (Å²) in [4.78, 5) is 25.5. The van der Waals surface area contributed by atoms with Gasteiger partial charge < -0.3 is 19.5 Å². The lowest BCUT2D eigenvalue weighted by Gasteiger charge is -2.32.